The minimum absolute atomic E-state index is 0.0167. The summed E-state index contributed by atoms with van der Waals surface area (Å²) in [5.41, 5.74) is 1.90. The molecule has 32 heavy (non-hydrogen) atoms. The fourth-order valence-electron chi connectivity index (χ4n) is 2.18. The minimum atomic E-state index is 0.0167. The van der Waals surface area contributed by atoms with Crippen LogP contribution in [-0.4, -0.2) is 5.78 Å². The van der Waals surface area contributed by atoms with Gasteiger partial charge >= 0.3 is 0 Å². The van der Waals surface area contributed by atoms with Crippen molar-refractivity contribution in [2.24, 2.45) is 0 Å². The Morgan fingerprint density at radius 2 is 1.38 bits per heavy atom. The normalized spacial score (nSPS) is 9.88. The van der Waals surface area contributed by atoms with Crippen molar-refractivity contribution in [3.63, 3.8) is 0 Å². The first-order chi connectivity index (χ1) is 15.3. The van der Waals surface area contributed by atoms with Gasteiger partial charge in [0.25, 0.3) is 0 Å². The summed E-state index contributed by atoms with van der Waals surface area (Å²) in [6.07, 6.45) is 12.1. The van der Waals surface area contributed by atoms with Crippen LogP contribution in [-0.2, 0) is 0 Å². The lowest BCUT2D eigenvalue weighted by molar-refractivity contribution is 0.0988. The number of allylic oxidation sites excluding steroid dienone is 4. The third kappa shape index (κ3) is 14.1. The van der Waals surface area contributed by atoms with Gasteiger partial charge in [0.05, 0.1) is 5.02 Å². The molecule has 176 valence electrons. The number of hydrogen-bond donors (Lipinski definition) is 0. The molecule has 0 N–H and O–H groups in total. The number of unbranched alkanes of at least 4 members (excludes halogenated alkanes) is 2. The zero-order valence-corrected chi connectivity index (χ0v) is 21.9. The average molecular weight is 478 g/mol. The van der Waals surface area contributed by atoms with Gasteiger partial charge in [-0.25, -0.2) is 0 Å². The lowest BCUT2D eigenvalue weighted by Gasteiger charge is -2.08. The minimum Gasteiger partial charge on any atom is -0.457 e. The molecule has 2 nitrogen and oxygen atoms in total. The van der Waals surface area contributed by atoms with Gasteiger partial charge in [-0.05, 0) is 70.0 Å². The molecule has 0 saturated heterocycles. The Morgan fingerprint density at radius 1 is 0.875 bits per heavy atom. The largest absolute Gasteiger partial charge is 0.457 e. The van der Waals surface area contributed by atoms with E-state index in [0.717, 1.165) is 0 Å². The van der Waals surface area contributed by atoms with Gasteiger partial charge in [0.15, 0.2) is 5.78 Å². The van der Waals surface area contributed by atoms with E-state index in [1.165, 1.54) is 31.3 Å². The van der Waals surface area contributed by atoms with Crippen molar-refractivity contribution in [3.05, 3.63) is 81.9 Å². The molecule has 0 radical (unpaired) electrons. The summed E-state index contributed by atoms with van der Waals surface area (Å²) in [7, 11) is 0. The number of hydrogen-bond acceptors (Lipinski definition) is 2. The van der Waals surface area contributed by atoms with Crippen LogP contribution in [0.3, 0.4) is 0 Å². The molecular weight excluding hydrogens is 439 g/mol. The molecule has 0 unspecified atom stereocenters. The summed E-state index contributed by atoms with van der Waals surface area (Å²) in [5.74, 6) is 1.26. The van der Waals surface area contributed by atoms with Crippen molar-refractivity contribution in [1.82, 2.24) is 0 Å². The van der Waals surface area contributed by atoms with Crippen LogP contribution in [0.25, 0.3) is 0 Å². The van der Waals surface area contributed by atoms with Gasteiger partial charge in [0.1, 0.15) is 11.5 Å². The predicted octanol–water partition coefficient (Wildman–Crippen LogP) is 10.5. The van der Waals surface area contributed by atoms with Gasteiger partial charge in [-0.15, -0.1) is 0 Å². The number of benzene rings is 2. The van der Waals surface area contributed by atoms with E-state index >= 15 is 0 Å². The molecule has 0 aliphatic rings. The molecule has 0 aliphatic heterocycles. The fraction of sp³-hybridized carbons (Fsp3) is 0.393. The molecule has 0 saturated carbocycles. The van der Waals surface area contributed by atoms with Gasteiger partial charge in [0.2, 0.25) is 0 Å². The number of carbonyl (C=O) groups is 1. The highest BCUT2D eigenvalue weighted by Crippen LogP contribution is 2.28. The smallest absolute Gasteiger partial charge is 0.164 e. The van der Waals surface area contributed by atoms with E-state index in [0.29, 0.717) is 33.5 Å². The number of ketones is 1. The van der Waals surface area contributed by atoms with Crippen molar-refractivity contribution < 1.29 is 9.53 Å². The lowest BCUT2D eigenvalue weighted by Crippen LogP contribution is -1.97. The molecule has 0 amide bonds. The van der Waals surface area contributed by atoms with Crippen molar-refractivity contribution in [2.75, 3.05) is 0 Å². The number of halogens is 2. The molecule has 0 aliphatic carbocycles. The Bertz CT molecular complexity index is 825. The molecule has 2 aromatic carbocycles. The summed E-state index contributed by atoms with van der Waals surface area (Å²) >= 11 is 11.9. The molecule has 2 aromatic rings. The first-order valence-electron chi connectivity index (χ1n) is 11.3. The Balaban J connectivity index is 0.000000613. The monoisotopic (exact) mass is 476 g/mol. The van der Waals surface area contributed by atoms with Crippen LogP contribution in [0.2, 0.25) is 10.0 Å². The maximum absolute atomic E-state index is 11.6. The summed E-state index contributed by atoms with van der Waals surface area (Å²) in [6, 6.07) is 12.1. The lowest BCUT2D eigenvalue weighted by atomic mass is 10.1. The second-order valence-electron chi connectivity index (χ2n) is 7.39. The van der Waals surface area contributed by atoms with Crippen molar-refractivity contribution in [3.8, 4) is 11.5 Å². The summed E-state index contributed by atoms with van der Waals surface area (Å²) in [5, 5.41) is 1.05. The highest BCUT2D eigenvalue weighted by atomic mass is 35.5. The summed E-state index contributed by atoms with van der Waals surface area (Å²) < 4.78 is 5.63. The van der Waals surface area contributed by atoms with Gasteiger partial charge in [-0.2, -0.15) is 0 Å². The predicted molar refractivity (Wildman–Crippen MR) is 142 cm³/mol. The Labute approximate surface area is 205 Å². The third-order valence-corrected chi connectivity index (χ3v) is 4.83. The zero-order chi connectivity index (χ0) is 24.4. The SMILES string of the molecule is CC=C(C)C.CCC(=O)c1ccc(Oc2ccc(Cl)cc2)cc1Cl.CCC/C=C/CCC. The molecule has 0 fully saturated rings. The van der Waals surface area contributed by atoms with Crippen LogP contribution in [0.15, 0.2) is 66.3 Å². The van der Waals surface area contributed by atoms with Crippen molar-refractivity contribution in [1.29, 1.82) is 0 Å². The second kappa shape index (κ2) is 18.5. The first kappa shape index (κ1) is 30.0. The fourth-order valence-corrected chi connectivity index (χ4v) is 2.59. The molecule has 0 atom stereocenters. The van der Waals surface area contributed by atoms with Crippen LogP contribution in [0.1, 0.15) is 84.0 Å². The maximum atomic E-state index is 11.6. The third-order valence-electron chi connectivity index (χ3n) is 4.27. The highest BCUT2D eigenvalue weighted by molar-refractivity contribution is 6.34. The van der Waals surface area contributed by atoms with Crippen LogP contribution in [0, 0.1) is 0 Å². The van der Waals surface area contributed by atoms with Crippen LogP contribution in [0.4, 0.5) is 0 Å². The Kier molecular flexibility index (Phi) is 17.4. The van der Waals surface area contributed by atoms with E-state index in [-0.39, 0.29) is 5.78 Å². The maximum Gasteiger partial charge on any atom is 0.164 e. The van der Waals surface area contributed by atoms with E-state index in [2.05, 4.69) is 45.9 Å². The van der Waals surface area contributed by atoms with E-state index in [9.17, 15) is 4.79 Å². The van der Waals surface area contributed by atoms with E-state index in [4.69, 9.17) is 27.9 Å². The van der Waals surface area contributed by atoms with Crippen LogP contribution in [0.5, 0.6) is 11.5 Å². The Hall–Kier alpha value is -2.03. The molecule has 4 heteroatoms. The van der Waals surface area contributed by atoms with E-state index < -0.39 is 0 Å². The molecule has 0 bridgehead atoms. The van der Waals surface area contributed by atoms with Gasteiger partial charge in [-0.1, -0.05) is 80.6 Å². The summed E-state index contributed by atoms with van der Waals surface area (Å²) in [4.78, 5) is 11.6. The topological polar surface area (TPSA) is 26.3 Å². The van der Waals surface area contributed by atoms with Gasteiger partial charge in [-0.3, -0.25) is 4.79 Å². The van der Waals surface area contributed by atoms with Crippen molar-refractivity contribution in [2.45, 2.75) is 73.6 Å². The van der Waals surface area contributed by atoms with Gasteiger partial charge < -0.3 is 4.74 Å². The molecule has 0 heterocycles. The number of Topliss-reactive ketones (excluding diaryl/α,β-unsaturated/α-hetero) is 1. The number of carbonyl (C=O) groups excluding carboxylic acids is 1. The van der Waals surface area contributed by atoms with E-state index in [1.807, 2.05) is 6.92 Å². The van der Waals surface area contributed by atoms with Crippen LogP contribution >= 0.6 is 23.2 Å². The zero-order valence-electron chi connectivity index (χ0n) is 20.4. The van der Waals surface area contributed by atoms with E-state index in [1.54, 1.807) is 49.4 Å². The standard InChI is InChI=1S/C15H12Cl2O2.C8H16.C5H10/c1-2-15(18)13-8-7-12(9-14(13)17)19-11-5-3-10(16)4-6-11;1-3-5-7-8-6-4-2;1-4-5(2)3/h3-9H,2H2,1H3;7-8H,3-6H2,1-2H3;4H,1-3H3/b;8-7+;. The first-order valence-corrected chi connectivity index (χ1v) is 12.0. The molecular formula is C28H38Cl2O2. The summed E-state index contributed by atoms with van der Waals surface area (Å²) in [6.45, 7) is 12.4. The number of ether oxygens (including phenoxy) is 1. The number of rotatable bonds is 8. The Morgan fingerprint density at radius 3 is 1.78 bits per heavy atom. The highest BCUT2D eigenvalue weighted by Gasteiger charge is 2.09. The van der Waals surface area contributed by atoms with Crippen molar-refractivity contribution >= 4 is 29.0 Å². The molecule has 2 rings (SSSR count). The molecule has 0 spiro atoms. The average Bonchev–Trinajstić information content (AvgIpc) is 2.79. The van der Waals surface area contributed by atoms with Gasteiger partial charge in [0, 0.05) is 23.1 Å². The molecule has 0 aromatic heterocycles. The quantitative estimate of drug-likeness (QED) is 0.279. The second-order valence-corrected chi connectivity index (χ2v) is 8.23. The van der Waals surface area contributed by atoms with Crippen LogP contribution < -0.4 is 4.74 Å².